The van der Waals surface area contributed by atoms with E-state index in [1.54, 1.807) is 23.2 Å². The van der Waals surface area contributed by atoms with E-state index >= 15 is 0 Å². The molecule has 3 rings (SSSR count). The average molecular weight is 329 g/mol. The molecule has 0 unspecified atom stereocenters. The Hall–Kier alpha value is -2.96. The molecule has 2 heterocycles. The standard InChI is InChI=1S/C17H19N3O4/c1-3-20(10-12-6-7-14-15(9-12)24-11-23-14)17(21)19-13-5-4-8-18-16(13)22-2/h4-9H,3,10-11H2,1-2H3,(H,19,21). The van der Waals surface area contributed by atoms with Gasteiger partial charge in [-0.05, 0) is 36.8 Å². The molecule has 1 N–H and O–H groups in total. The number of urea groups is 1. The lowest BCUT2D eigenvalue weighted by atomic mass is 10.2. The topological polar surface area (TPSA) is 72.9 Å². The van der Waals surface area contributed by atoms with Crippen molar-refractivity contribution in [1.82, 2.24) is 9.88 Å². The number of methoxy groups -OCH3 is 1. The van der Waals surface area contributed by atoms with Crippen LogP contribution in [0, 0.1) is 0 Å². The van der Waals surface area contributed by atoms with Gasteiger partial charge in [-0.1, -0.05) is 6.07 Å². The molecule has 0 saturated heterocycles. The zero-order valence-corrected chi connectivity index (χ0v) is 13.6. The summed E-state index contributed by atoms with van der Waals surface area (Å²) in [5.74, 6) is 1.81. The third-order valence-electron chi connectivity index (χ3n) is 3.69. The number of fused-ring (bicyclic) bond motifs is 1. The highest BCUT2D eigenvalue weighted by Crippen LogP contribution is 2.32. The van der Waals surface area contributed by atoms with Gasteiger partial charge in [0.15, 0.2) is 11.5 Å². The SMILES string of the molecule is CCN(Cc1ccc2c(c1)OCO2)C(=O)Nc1cccnc1OC. The molecule has 0 fully saturated rings. The first-order valence-electron chi connectivity index (χ1n) is 7.64. The highest BCUT2D eigenvalue weighted by molar-refractivity contribution is 5.90. The van der Waals surface area contributed by atoms with E-state index in [-0.39, 0.29) is 12.8 Å². The number of anilines is 1. The van der Waals surface area contributed by atoms with Gasteiger partial charge in [0.2, 0.25) is 12.7 Å². The number of amides is 2. The summed E-state index contributed by atoms with van der Waals surface area (Å²) in [7, 11) is 1.52. The van der Waals surface area contributed by atoms with Crippen molar-refractivity contribution in [3.8, 4) is 17.4 Å². The normalized spacial score (nSPS) is 11.9. The number of rotatable bonds is 5. The zero-order chi connectivity index (χ0) is 16.9. The summed E-state index contributed by atoms with van der Waals surface area (Å²) in [4.78, 5) is 18.3. The summed E-state index contributed by atoms with van der Waals surface area (Å²) < 4.78 is 15.8. The molecule has 0 radical (unpaired) electrons. The van der Waals surface area contributed by atoms with Crippen LogP contribution in [0.15, 0.2) is 36.5 Å². The summed E-state index contributed by atoms with van der Waals surface area (Å²) in [5.41, 5.74) is 1.50. The van der Waals surface area contributed by atoms with Crippen LogP contribution in [0.5, 0.6) is 17.4 Å². The van der Waals surface area contributed by atoms with E-state index in [9.17, 15) is 4.79 Å². The summed E-state index contributed by atoms with van der Waals surface area (Å²) in [6, 6.07) is 8.94. The average Bonchev–Trinajstić information content (AvgIpc) is 3.07. The van der Waals surface area contributed by atoms with Gasteiger partial charge in [0.05, 0.1) is 7.11 Å². The second kappa shape index (κ2) is 7.08. The van der Waals surface area contributed by atoms with Crippen molar-refractivity contribution in [3.63, 3.8) is 0 Å². The molecule has 0 spiro atoms. The number of carbonyl (C=O) groups excluding carboxylic acids is 1. The van der Waals surface area contributed by atoms with Crippen molar-refractivity contribution in [3.05, 3.63) is 42.1 Å². The zero-order valence-electron chi connectivity index (χ0n) is 13.6. The number of nitrogens with one attached hydrogen (secondary N) is 1. The van der Waals surface area contributed by atoms with Crippen LogP contribution in [-0.4, -0.2) is 36.4 Å². The number of benzene rings is 1. The van der Waals surface area contributed by atoms with Crippen LogP contribution in [0.4, 0.5) is 10.5 Å². The first kappa shape index (κ1) is 15.9. The smallest absolute Gasteiger partial charge is 0.322 e. The van der Waals surface area contributed by atoms with Gasteiger partial charge in [-0.2, -0.15) is 0 Å². The molecule has 0 bridgehead atoms. The van der Waals surface area contributed by atoms with Gasteiger partial charge in [0, 0.05) is 19.3 Å². The van der Waals surface area contributed by atoms with Crippen LogP contribution in [0.1, 0.15) is 12.5 Å². The maximum atomic E-state index is 12.5. The number of carbonyl (C=O) groups is 1. The molecule has 2 aromatic rings. The molecule has 0 atom stereocenters. The molecule has 0 saturated carbocycles. The number of hydrogen-bond donors (Lipinski definition) is 1. The first-order chi connectivity index (χ1) is 11.7. The minimum atomic E-state index is -0.221. The second-order valence-corrected chi connectivity index (χ2v) is 5.19. The highest BCUT2D eigenvalue weighted by atomic mass is 16.7. The largest absolute Gasteiger partial charge is 0.480 e. The Bertz CT molecular complexity index is 736. The molecule has 2 amide bonds. The van der Waals surface area contributed by atoms with Crippen molar-refractivity contribution in [2.24, 2.45) is 0 Å². The Labute approximate surface area is 140 Å². The van der Waals surface area contributed by atoms with Gasteiger partial charge in [0.25, 0.3) is 0 Å². The van der Waals surface area contributed by atoms with Gasteiger partial charge in [-0.15, -0.1) is 0 Å². The molecule has 1 aliphatic heterocycles. The molecular weight excluding hydrogens is 310 g/mol. The van der Waals surface area contributed by atoms with Crippen molar-refractivity contribution in [1.29, 1.82) is 0 Å². The Morgan fingerprint density at radius 1 is 1.33 bits per heavy atom. The molecule has 1 aromatic carbocycles. The van der Waals surface area contributed by atoms with E-state index in [0.29, 0.717) is 30.4 Å². The number of pyridine rings is 1. The van der Waals surface area contributed by atoms with Gasteiger partial charge < -0.3 is 24.4 Å². The van der Waals surface area contributed by atoms with Gasteiger partial charge in [0.1, 0.15) is 5.69 Å². The minimum absolute atomic E-state index is 0.221. The number of nitrogens with zero attached hydrogens (tertiary/aromatic N) is 2. The van der Waals surface area contributed by atoms with E-state index in [1.165, 1.54) is 7.11 Å². The van der Waals surface area contributed by atoms with E-state index in [0.717, 1.165) is 11.3 Å². The monoisotopic (exact) mass is 329 g/mol. The van der Waals surface area contributed by atoms with E-state index < -0.39 is 0 Å². The third kappa shape index (κ3) is 3.34. The van der Waals surface area contributed by atoms with Crippen molar-refractivity contribution in [2.75, 3.05) is 25.8 Å². The van der Waals surface area contributed by atoms with Crippen molar-refractivity contribution in [2.45, 2.75) is 13.5 Å². The van der Waals surface area contributed by atoms with E-state index in [4.69, 9.17) is 14.2 Å². The molecule has 126 valence electrons. The Morgan fingerprint density at radius 2 is 2.17 bits per heavy atom. The Kier molecular flexibility index (Phi) is 4.69. The third-order valence-corrected chi connectivity index (χ3v) is 3.69. The summed E-state index contributed by atoms with van der Waals surface area (Å²) >= 11 is 0. The number of aromatic nitrogens is 1. The highest BCUT2D eigenvalue weighted by Gasteiger charge is 2.17. The maximum absolute atomic E-state index is 12.5. The Balaban J connectivity index is 1.70. The first-order valence-corrected chi connectivity index (χ1v) is 7.64. The molecule has 1 aliphatic rings. The lowest BCUT2D eigenvalue weighted by Crippen LogP contribution is -2.34. The van der Waals surface area contributed by atoms with Gasteiger partial charge in [-0.25, -0.2) is 9.78 Å². The van der Waals surface area contributed by atoms with Crippen LogP contribution in [-0.2, 0) is 6.54 Å². The van der Waals surface area contributed by atoms with Crippen LogP contribution in [0.2, 0.25) is 0 Å². The molecule has 7 nitrogen and oxygen atoms in total. The summed E-state index contributed by atoms with van der Waals surface area (Å²) in [6.07, 6.45) is 1.61. The predicted octanol–water partition coefficient (Wildman–Crippen LogP) is 2.87. The van der Waals surface area contributed by atoms with Crippen molar-refractivity contribution >= 4 is 11.7 Å². The van der Waals surface area contributed by atoms with Crippen LogP contribution in [0.3, 0.4) is 0 Å². The number of ether oxygens (including phenoxy) is 3. The van der Waals surface area contributed by atoms with Crippen LogP contribution in [0.25, 0.3) is 0 Å². The second-order valence-electron chi connectivity index (χ2n) is 5.19. The molecule has 0 aliphatic carbocycles. The van der Waals surface area contributed by atoms with Crippen LogP contribution >= 0.6 is 0 Å². The molecule has 1 aromatic heterocycles. The summed E-state index contributed by atoms with van der Waals surface area (Å²) in [5, 5.41) is 2.83. The van der Waals surface area contributed by atoms with E-state index in [2.05, 4.69) is 10.3 Å². The molecular formula is C17H19N3O4. The fourth-order valence-electron chi connectivity index (χ4n) is 2.43. The van der Waals surface area contributed by atoms with Gasteiger partial charge >= 0.3 is 6.03 Å². The fourth-order valence-corrected chi connectivity index (χ4v) is 2.43. The lowest BCUT2D eigenvalue weighted by molar-refractivity contribution is 0.174. The summed E-state index contributed by atoms with van der Waals surface area (Å²) in [6.45, 7) is 3.18. The van der Waals surface area contributed by atoms with Crippen molar-refractivity contribution < 1.29 is 19.0 Å². The Morgan fingerprint density at radius 3 is 2.96 bits per heavy atom. The quantitative estimate of drug-likeness (QED) is 0.913. The fraction of sp³-hybridized carbons (Fsp3) is 0.294. The predicted molar refractivity (Wildman–Crippen MR) is 88.5 cm³/mol. The number of hydrogen-bond acceptors (Lipinski definition) is 5. The van der Waals surface area contributed by atoms with Gasteiger partial charge in [-0.3, -0.25) is 0 Å². The lowest BCUT2D eigenvalue weighted by Gasteiger charge is -2.22. The van der Waals surface area contributed by atoms with E-state index in [1.807, 2.05) is 25.1 Å². The minimum Gasteiger partial charge on any atom is -0.480 e. The molecule has 7 heteroatoms. The molecule has 24 heavy (non-hydrogen) atoms. The maximum Gasteiger partial charge on any atom is 0.322 e. The van der Waals surface area contributed by atoms with Crippen LogP contribution < -0.4 is 19.5 Å².